The van der Waals surface area contributed by atoms with Gasteiger partial charge < -0.3 is 10.2 Å². The van der Waals surface area contributed by atoms with Crippen molar-refractivity contribution in [1.82, 2.24) is 0 Å². The minimum Gasteiger partial charge on any atom is -0.507 e. The van der Waals surface area contributed by atoms with Crippen molar-refractivity contribution in [2.24, 2.45) is 0 Å². The Balaban J connectivity index is 0.000000956. The Kier molecular flexibility index (Phi) is 5.86. The number of hydrogen-bond acceptors (Lipinski definition) is 2. The van der Waals surface area contributed by atoms with Crippen molar-refractivity contribution >= 4 is 19.8 Å². The lowest BCUT2D eigenvalue weighted by molar-refractivity contribution is 0.465. The fourth-order valence-corrected chi connectivity index (χ4v) is 2.33. The van der Waals surface area contributed by atoms with Crippen LogP contribution in [0, 0.1) is 27.7 Å². The number of phenols is 2. The van der Waals surface area contributed by atoms with E-state index in [1.165, 1.54) is 0 Å². The van der Waals surface area contributed by atoms with Crippen molar-refractivity contribution in [3.05, 3.63) is 46.5 Å². The van der Waals surface area contributed by atoms with Gasteiger partial charge in [0.15, 0.2) is 0 Å². The first-order chi connectivity index (χ1) is 9.40. The van der Waals surface area contributed by atoms with E-state index in [0.717, 1.165) is 22.3 Å². The van der Waals surface area contributed by atoms with Crippen LogP contribution in [0.2, 0.25) is 0 Å². The van der Waals surface area contributed by atoms with Crippen LogP contribution in [0.25, 0.3) is 11.1 Å². The molecule has 4 heteroatoms. The molecule has 1 unspecified atom stereocenters. The highest BCUT2D eigenvalue weighted by atomic mass is 35.7. The van der Waals surface area contributed by atoms with Gasteiger partial charge in [-0.25, -0.2) is 0 Å². The quantitative estimate of drug-likeness (QED) is 0.727. The van der Waals surface area contributed by atoms with E-state index < -0.39 is 0 Å². The Morgan fingerprint density at radius 2 is 1.00 bits per heavy atom. The number of phenolic OH excluding ortho intramolecular Hbond substituents is 2. The Hall–Kier alpha value is -1.24. The number of halogens is 1. The normalized spacial score (nSPS) is 9.90. The number of benzene rings is 2. The summed E-state index contributed by atoms with van der Waals surface area (Å²) < 4.78 is 0. The molecule has 0 saturated carbocycles. The summed E-state index contributed by atoms with van der Waals surface area (Å²) in [5.74, 6) is 0.474. The average Bonchev–Trinajstić information content (AvgIpc) is 2.40. The third kappa shape index (κ3) is 3.45. The standard InChI is InChI=1S/C16H18O2.ClH2P/c1-9-5-11(3)15(17)13(7-9)14-8-10(2)6-12(4)16(14)18;1-2/h5-8,17-18H,1-4H3;2H2. The van der Waals surface area contributed by atoms with E-state index in [1.807, 2.05) is 60.6 Å². The smallest absolute Gasteiger partial charge is 0.126 e. The van der Waals surface area contributed by atoms with Gasteiger partial charge in [-0.1, -0.05) is 12.1 Å². The van der Waals surface area contributed by atoms with Crippen LogP contribution >= 0.6 is 19.8 Å². The molecule has 2 nitrogen and oxygen atoms in total. The summed E-state index contributed by atoms with van der Waals surface area (Å²) in [6.45, 7) is 7.70. The highest BCUT2D eigenvalue weighted by Crippen LogP contribution is 2.39. The van der Waals surface area contributed by atoms with Crippen LogP contribution < -0.4 is 0 Å². The zero-order valence-corrected chi connectivity index (χ0v) is 14.1. The number of hydrogen-bond donors (Lipinski definition) is 2. The molecule has 0 saturated heterocycles. The Bertz CT molecular complexity index is 569. The summed E-state index contributed by atoms with van der Waals surface area (Å²) in [4.78, 5) is 0. The molecule has 0 fully saturated rings. The Morgan fingerprint density at radius 3 is 1.30 bits per heavy atom. The molecule has 0 amide bonds. The molecule has 2 N–H and O–H groups in total. The minimum absolute atomic E-state index is 0.237. The first-order valence-corrected chi connectivity index (χ1v) is 7.97. The lowest BCUT2D eigenvalue weighted by atomic mass is 9.95. The van der Waals surface area contributed by atoms with Gasteiger partial charge in [0.1, 0.15) is 11.5 Å². The highest BCUT2D eigenvalue weighted by molar-refractivity contribution is 7.52. The summed E-state index contributed by atoms with van der Waals surface area (Å²) in [5, 5.41) is 20.3. The predicted molar refractivity (Wildman–Crippen MR) is 89.7 cm³/mol. The lowest BCUT2D eigenvalue weighted by Crippen LogP contribution is -1.89. The third-order valence-corrected chi connectivity index (χ3v) is 3.18. The van der Waals surface area contributed by atoms with Gasteiger partial charge in [-0.05, 0) is 70.7 Å². The van der Waals surface area contributed by atoms with Crippen molar-refractivity contribution in [2.45, 2.75) is 27.7 Å². The second-order valence-electron chi connectivity index (χ2n) is 4.96. The fraction of sp³-hybridized carbons (Fsp3) is 0.250. The molecule has 2 aromatic carbocycles. The largest absolute Gasteiger partial charge is 0.507 e. The van der Waals surface area contributed by atoms with E-state index >= 15 is 0 Å². The van der Waals surface area contributed by atoms with Crippen molar-refractivity contribution < 1.29 is 10.2 Å². The fourth-order valence-electron chi connectivity index (χ4n) is 2.33. The van der Waals surface area contributed by atoms with Gasteiger partial charge in [0.25, 0.3) is 0 Å². The van der Waals surface area contributed by atoms with Gasteiger partial charge in [-0.3, -0.25) is 0 Å². The van der Waals surface area contributed by atoms with E-state index in [4.69, 9.17) is 0 Å². The first-order valence-electron chi connectivity index (χ1n) is 6.22. The highest BCUT2D eigenvalue weighted by Gasteiger charge is 2.13. The van der Waals surface area contributed by atoms with Crippen LogP contribution in [0.3, 0.4) is 0 Å². The maximum absolute atomic E-state index is 10.2. The zero-order chi connectivity index (χ0) is 15.4. The van der Waals surface area contributed by atoms with Crippen LogP contribution in [0.4, 0.5) is 0 Å². The van der Waals surface area contributed by atoms with Crippen molar-refractivity contribution in [3.63, 3.8) is 0 Å². The predicted octanol–water partition coefficient (Wildman–Crippen LogP) is 5.01. The maximum atomic E-state index is 10.2. The molecule has 0 spiro atoms. The van der Waals surface area contributed by atoms with E-state index in [-0.39, 0.29) is 11.5 Å². The molecule has 2 aromatic rings. The first kappa shape index (κ1) is 16.8. The van der Waals surface area contributed by atoms with E-state index in [9.17, 15) is 10.2 Å². The van der Waals surface area contributed by atoms with E-state index in [0.29, 0.717) is 11.1 Å². The third-order valence-electron chi connectivity index (χ3n) is 3.18. The second-order valence-corrected chi connectivity index (χ2v) is 4.96. The van der Waals surface area contributed by atoms with Crippen molar-refractivity contribution in [2.75, 3.05) is 0 Å². The molecule has 1 atom stereocenters. The van der Waals surface area contributed by atoms with E-state index in [1.54, 1.807) is 0 Å². The van der Waals surface area contributed by atoms with Gasteiger partial charge >= 0.3 is 0 Å². The molecule has 0 bridgehead atoms. The molecular weight excluding hydrogens is 291 g/mol. The van der Waals surface area contributed by atoms with Crippen LogP contribution in [-0.2, 0) is 0 Å². The summed E-state index contributed by atoms with van der Waals surface area (Å²) in [6, 6.07) is 7.66. The van der Waals surface area contributed by atoms with Crippen molar-refractivity contribution in [3.8, 4) is 22.6 Å². The van der Waals surface area contributed by atoms with Crippen LogP contribution in [0.15, 0.2) is 24.3 Å². The molecule has 2 rings (SSSR count). The topological polar surface area (TPSA) is 40.5 Å². The molecule has 0 aliphatic rings. The van der Waals surface area contributed by atoms with Crippen LogP contribution in [0.5, 0.6) is 11.5 Å². The number of rotatable bonds is 1. The van der Waals surface area contributed by atoms with Crippen molar-refractivity contribution in [1.29, 1.82) is 0 Å². The molecule has 0 aliphatic heterocycles. The maximum Gasteiger partial charge on any atom is 0.126 e. The number of aromatic hydroxyl groups is 2. The van der Waals surface area contributed by atoms with Gasteiger partial charge in [0.05, 0.1) is 0 Å². The lowest BCUT2D eigenvalue weighted by Gasteiger charge is -2.13. The van der Waals surface area contributed by atoms with Gasteiger partial charge in [-0.2, -0.15) is 0 Å². The molecule has 0 aliphatic carbocycles. The Labute approximate surface area is 127 Å². The molecular formula is C16H20ClO2P. The SMILES string of the molecule is Cc1cc(C)c(O)c(-c2cc(C)cc(C)c2O)c1.PCl. The van der Waals surface area contributed by atoms with Gasteiger partial charge in [-0.15, -0.1) is 11.2 Å². The summed E-state index contributed by atoms with van der Waals surface area (Å²) >= 11 is 4.56. The molecule has 0 radical (unpaired) electrons. The van der Waals surface area contributed by atoms with Crippen LogP contribution in [0.1, 0.15) is 22.3 Å². The molecule has 0 aromatic heterocycles. The van der Waals surface area contributed by atoms with E-state index in [2.05, 4.69) is 11.2 Å². The summed E-state index contributed by atoms with van der Waals surface area (Å²) in [6.07, 6.45) is 0. The Morgan fingerprint density at radius 1 is 0.700 bits per heavy atom. The molecule has 108 valence electrons. The monoisotopic (exact) mass is 310 g/mol. The summed E-state index contributed by atoms with van der Waals surface area (Å²) in [5.41, 5.74) is 5.17. The minimum atomic E-state index is 0.237. The van der Waals surface area contributed by atoms with Gasteiger partial charge in [0.2, 0.25) is 0 Å². The molecule has 0 heterocycles. The van der Waals surface area contributed by atoms with Crippen LogP contribution in [-0.4, -0.2) is 10.2 Å². The average molecular weight is 311 g/mol. The second kappa shape index (κ2) is 6.97. The zero-order valence-electron chi connectivity index (χ0n) is 12.2. The van der Waals surface area contributed by atoms with Gasteiger partial charge in [0, 0.05) is 11.1 Å². The summed E-state index contributed by atoms with van der Waals surface area (Å²) in [7, 11) is 1.89. The number of aryl methyl sites for hydroxylation is 4. The molecule has 20 heavy (non-hydrogen) atoms.